The van der Waals surface area contributed by atoms with Crippen LogP contribution in [0, 0.1) is 0 Å². The third-order valence-corrected chi connectivity index (χ3v) is 6.44. The summed E-state index contributed by atoms with van der Waals surface area (Å²) in [5, 5.41) is 5.75. The number of benzene rings is 2. The lowest BCUT2D eigenvalue weighted by molar-refractivity contribution is -0.135. The standard InChI is InChI=1S/C25H30N4O3/c1-25(20-10-6-3-7-11-20)23(31)29(24(32)27-25)18-22(30)26-21-13-16-28(17-14-21)15-12-19-8-4-2-5-9-19/h2-11,21H,12-18H2,1H3,(H,26,30)(H,27,32). The molecule has 2 aromatic rings. The van der Waals surface area contributed by atoms with E-state index in [4.69, 9.17) is 0 Å². The number of hydrogen-bond donors (Lipinski definition) is 2. The Labute approximate surface area is 188 Å². The zero-order valence-electron chi connectivity index (χ0n) is 18.4. The normalized spacial score (nSPS) is 22.1. The number of carbonyl (C=O) groups excluding carboxylic acids is 3. The van der Waals surface area contributed by atoms with Gasteiger partial charge in [-0.2, -0.15) is 0 Å². The first-order valence-corrected chi connectivity index (χ1v) is 11.2. The van der Waals surface area contributed by atoms with Crippen LogP contribution in [-0.4, -0.2) is 59.9 Å². The summed E-state index contributed by atoms with van der Waals surface area (Å²) < 4.78 is 0. The van der Waals surface area contributed by atoms with Gasteiger partial charge in [0.05, 0.1) is 0 Å². The van der Waals surface area contributed by atoms with Crippen LogP contribution in [0.25, 0.3) is 0 Å². The fourth-order valence-electron chi connectivity index (χ4n) is 4.46. The second-order valence-corrected chi connectivity index (χ2v) is 8.73. The SMILES string of the molecule is CC1(c2ccccc2)NC(=O)N(CC(=O)NC2CCN(CCc3ccccc3)CC2)C1=O. The maximum Gasteiger partial charge on any atom is 0.325 e. The van der Waals surface area contributed by atoms with Crippen LogP contribution in [0.4, 0.5) is 4.79 Å². The van der Waals surface area contributed by atoms with Crippen molar-refractivity contribution in [2.24, 2.45) is 0 Å². The smallest absolute Gasteiger partial charge is 0.325 e. The van der Waals surface area contributed by atoms with E-state index in [1.165, 1.54) is 5.56 Å². The molecule has 0 bridgehead atoms. The molecule has 2 saturated heterocycles. The predicted molar refractivity (Wildman–Crippen MR) is 122 cm³/mol. The van der Waals surface area contributed by atoms with Crippen molar-refractivity contribution in [3.8, 4) is 0 Å². The Bertz CT molecular complexity index is 958. The molecule has 7 nitrogen and oxygen atoms in total. The first-order valence-electron chi connectivity index (χ1n) is 11.2. The summed E-state index contributed by atoms with van der Waals surface area (Å²) in [5.74, 6) is -0.701. The first kappa shape index (κ1) is 22.0. The lowest BCUT2D eigenvalue weighted by Gasteiger charge is -2.32. The van der Waals surface area contributed by atoms with E-state index in [9.17, 15) is 14.4 Å². The van der Waals surface area contributed by atoms with Crippen molar-refractivity contribution in [3.05, 3.63) is 71.8 Å². The van der Waals surface area contributed by atoms with Crippen molar-refractivity contribution in [3.63, 3.8) is 0 Å². The van der Waals surface area contributed by atoms with E-state index in [0.29, 0.717) is 5.56 Å². The second kappa shape index (κ2) is 9.53. The molecule has 1 unspecified atom stereocenters. The monoisotopic (exact) mass is 434 g/mol. The Balaban J connectivity index is 1.25. The number of nitrogens with zero attached hydrogens (tertiary/aromatic N) is 2. The lowest BCUT2D eigenvalue weighted by atomic mass is 9.92. The van der Waals surface area contributed by atoms with Gasteiger partial charge in [0.25, 0.3) is 5.91 Å². The third kappa shape index (κ3) is 4.83. The van der Waals surface area contributed by atoms with Gasteiger partial charge >= 0.3 is 6.03 Å². The molecule has 32 heavy (non-hydrogen) atoms. The largest absolute Gasteiger partial charge is 0.352 e. The first-order chi connectivity index (χ1) is 15.5. The molecule has 0 spiro atoms. The Morgan fingerprint density at radius 1 is 1.03 bits per heavy atom. The van der Waals surface area contributed by atoms with Gasteiger partial charge in [0.15, 0.2) is 0 Å². The van der Waals surface area contributed by atoms with Crippen LogP contribution in [-0.2, 0) is 21.5 Å². The van der Waals surface area contributed by atoms with Gasteiger partial charge in [0, 0.05) is 25.7 Å². The van der Waals surface area contributed by atoms with Crippen LogP contribution in [0.5, 0.6) is 0 Å². The summed E-state index contributed by atoms with van der Waals surface area (Å²) in [4.78, 5) is 41.4. The van der Waals surface area contributed by atoms with E-state index in [0.717, 1.165) is 43.8 Å². The molecule has 2 aliphatic rings. The number of hydrogen-bond acceptors (Lipinski definition) is 4. The molecule has 7 heteroatoms. The molecule has 2 aromatic carbocycles. The molecule has 0 aliphatic carbocycles. The Morgan fingerprint density at radius 3 is 2.31 bits per heavy atom. The summed E-state index contributed by atoms with van der Waals surface area (Å²) in [6.07, 6.45) is 2.75. The third-order valence-electron chi connectivity index (χ3n) is 6.44. The highest BCUT2D eigenvalue weighted by Crippen LogP contribution is 2.28. The average Bonchev–Trinajstić information content (AvgIpc) is 3.04. The quantitative estimate of drug-likeness (QED) is 0.655. The molecule has 2 aliphatic heterocycles. The van der Waals surface area contributed by atoms with Crippen LogP contribution >= 0.6 is 0 Å². The molecule has 168 valence electrons. The minimum absolute atomic E-state index is 0.0664. The predicted octanol–water partition coefficient (Wildman–Crippen LogP) is 2.28. The zero-order chi connectivity index (χ0) is 22.6. The molecule has 2 heterocycles. The van der Waals surface area contributed by atoms with Crippen LogP contribution in [0.1, 0.15) is 30.9 Å². The maximum absolute atomic E-state index is 13.0. The highest BCUT2D eigenvalue weighted by molar-refractivity contribution is 6.09. The summed E-state index contributed by atoms with van der Waals surface area (Å²) in [5.41, 5.74) is 0.881. The highest BCUT2D eigenvalue weighted by atomic mass is 16.2. The topological polar surface area (TPSA) is 81.8 Å². The van der Waals surface area contributed by atoms with Crippen molar-refractivity contribution >= 4 is 17.8 Å². The molecule has 1 atom stereocenters. The van der Waals surface area contributed by atoms with E-state index < -0.39 is 17.5 Å². The van der Waals surface area contributed by atoms with Crippen molar-refractivity contribution < 1.29 is 14.4 Å². The molecule has 0 radical (unpaired) electrons. The van der Waals surface area contributed by atoms with E-state index in [-0.39, 0.29) is 18.5 Å². The number of urea groups is 1. The molecule has 2 N–H and O–H groups in total. The van der Waals surface area contributed by atoms with Gasteiger partial charge in [-0.25, -0.2) is 4.79 Å². The van der Waals surface area contributed by atoms with Gasteiger partial charge < -0.3 is 15.5 Å². The fraction of sp³-hybridized carbons (Fsp3) is 0.400. The van der Waals surface area contributed by atoms with Crippen molar-refractivity contribution in [2.45, 2.75) is 37.8 Å². The van der Waals surface area contributed by atoms with Crippen molar-refractivity contribution in [1.82, 2.24) is 20.4 Å². The van der Waals surface area contributed by atoms with Gasteiger partial charge in [-0.3, -0.25) is 14.5 Å². The van der Waals surface area contributed by atoms with Gasteiger partial charge in [0.2, 0.25) is 5.91 Å². The Kier molecular flexibility index (Phi) is 6.55. The van der Waals surface area contributed by atoms with Crippen LogP contribution < -0.4 is 10.6 Å². The number of nitrogens with one attached hydrogen (secondary N) is 2. The number of imide groups is 1. The number of carbonyl (C=O) groups is 3. The Hall–Kier alpha value is -3.19. The fourth-order valence-corrected chi connectivity index (χ4v) is 4.46. The van der Waals surface area contributed by atoms with Gasteiger partial charge in [-0.1, -0.05) is 60.7 Å². The summed E-state index contributed by atoms with van der Waals surface area (Å²) >= 11 is 0. The van der Waals surface area contributed by atoms with Crippen LogP contribution in [0.15, 0.2) is 60.7 Å². The van der Waals surface area contributed by atoms with E-state index in [1.54, 1.807) is 19.1 Å². The zero-order valence-corrected chi connectivity index (χ0v) is 18.4. The molecule has 0 aromatic heterocycles. The highest BCUT2D eigenvalue weighted by Gasteiger charge is 2.49. The molecule has 0 saturated carbocycles. The number of likely N-dealkylation sites (tertiary alicyclic amines) is 1. The van der Waals surface area contributed by atoms with Crippen molar-refractivity contribution in [2.75, 3.05) is 26.2 Å². The average molecular weight is 435 g/mol. The van der Waals surface area contributed by atoms with Gasteiger partial charge in [-0.15, -0.1) is 0 Å². The molecule has 4 amide bonds. The molecule has 4 rings (SSSR count). The maximum atomic E-state index is 13.0. The second-order valence-electron chi connectivity index (χ2n) is 8.73. The Morgan fingerprint density at radius 2 is 1.66 bits per heavy atom. The summed E-state index contributed by atoms with van der Waals surface area (Å²) in [6, 6.07) is 19.1. The van der Waals surface area contributed by atoms with Gasteiger partial charge in [0.1, 0.15) is 12.1 Å². The van der Waals surface area contributed by atoms with Gasteiger partial charge in [-0.05, 0) is 37.3 Å². The van der Waals surface area contributed by atoms with E-state index >= 15 is 0 Å². The molecular formula is C25H30N4O3. The lowest BCUT2D eigenvalue weighted by Crippen LogP contribution is -2.49. The number of piperidine rings is 1. The minimum atomic E-state index is -1.15. The molecular weight excluding hydrogens is 404 g/mol. The molecule has 2 fully saturated rings. The summed E-state index contributed by atoms with van der Waals surface area (Å²) in [7, 11) is 0. The van der Waals surface area contributed by atoms with E-state index in [1.807, 2.05) is 24.3 Å². The van der Waals surface area contributed by atoms with Crippen molar-refractivity contribution in [1.29, 1.82) is 0 Å². The number of amides is 4. The summed E-state index contributed by atoms with van der Waals surface area (Å²) in [6.45, 7) is 4.26. The van der Waals surface area contributed by atoms with Crippen LogP contribution in [0.3, 0.4) is 0 Å². The van der Waals surface area contributed by atoms with Crippen LogP contribution in [0.2, 0.25) is 0 Å². The minimum Gasteiger partial charge on any atom is -0.352 e. The number of rotatable bonds is 7. The van der Waals surface area contributed by atoms with E-state index in [2.05, 4.69) is 39.8 Å².